The third-order valence-corrected chi connectivity index (χ3v) is 4.58. The molecule has 1 heterocycles. The lowest BCUT2D eigenvalue weighted by Crippen LogP contribution is -2.07. The van der Waals surface area contributed by atoms with Crippen LogP contribution in [0.5, 0.6) is 0 Å². The van der Waals surface area contributed by atoms with Gasteiger partial charge >= 0.3 is 5.97 Å². The second kappa shape index (κ2) is 7.04. The number of carboxylic acid groups (broad SMARTS) is 1. The van der Waals surface area contributed by atoms with E-state index in [0.717, 1.165) is 18.2 Å². The number of nitrogens with zero attached hydrogens (tertiary/aromatic N) is 2. The number of carboxylic acids is 1. The molecule has 3 rings (SSSR count). The summed E-state index contributed by atoms with van der Waals surface area (Å²) in [6, 6.07) is 11.7. The number of aromatic carboxylic acids is 1. The third-order valence-electron chi connectivity index (χ3n) is 4.58. The van der Waals surface area contributed by atoms with E-state index in [-0.39, 0.29) is 11.3 Å². The Morgan fingerprint density at radius 2 is 1.78 bits per heavy atom. The van der Waals surface area contributed by atoms with Crippen molar-refractivity contribution in [3.8, 4) is 28.3 Å². The van der Waals surface area contributed by atoms with Crippen molar-refractivity contribution in [2.24, 2.45) is 7.05 Å². The van der Waals surface area contributed by atoms with E-state index in [0.29, 0.717) is 34.4 Å². The summed E-state index contributed by atoms with van der Waals surface area (Å²) in [6.45, 7) is 1.85. The van der Waals surface area contributed by atoms with E-state index in [1.54, 1.807) is 31.3 Å². The summed E-state index contributed by atoms with van der Waals surface area (Å²) in [7, 11) is 1.61. The summed E-state index contributed by atoms with van der Waals surface area (Å²) >= 11 is 0. The zero-order chi connectivity index (χ0) is 19.7. The van der Waals surface area contributed by atoms with Gasteiger partial charge in [0.1, 0.15) is 23.4 Å². The molecule has 27 heavy (non-hydrogen) atoms. The van der Waals surface area contributed by atoms with Crippen molar-refractivity contribution in [2.45, 2.75) is 13.3 Å². The maximum atomic E-state index is 14.0. The normalized spacial score (nSPS) is 10.6. The van der Waals surface area contributed by atoms with Gasteiger partial charge in [-0.25, -0.2) is 13.6 Å². The first-order valence-corrected chi connectivity index (χ1v) is 8.29. The number of hydrogen-bond acceptors (Lipinski definition) is 2. The summed E-state index contributed by atoms with van der Waals surface area (Å²) in [5, 5.41) is 19.2. The van der Waals surface area contributed by atoms with Crippen LogP contribution in [0, 0.1) is 23.0 Å². The molecule has 0 spiro atoms. The first-order valence-electron chi connectivity index (χ1n) is 8.29. The molecular weight excluding hydrogens is 350 g/mol. The maximum Gasteiger partial charge on any atom is 0.353 e. The molecule has 0 atom stereocenters. The molecule has 0 aliphatic heterocycles. The molecule has 0 unspecified atom stereocenters. The van der Waals surface area contributed by atoms with Crippen molar-refractivity contribution >= 4 is 5.97 Å². The highest BCUT2D eigenvalue weighted by Crippen LogP contribution is 2.34. The van der Waals surface area contributed by atoms with Crippen molar-refractivity contribution in [1.82, 2.24) is 4.57 Å². The summed E-state index contributed by atoms with van der Waals surface area (Å²) in [6.07, 6.45) is 0.506. The summed E-state index contributed by atoms with van der Waals surface area (Å²) in [4.78, 5) is 11.8. The predicted octanol–water partition coefficient (Wildman–Crippen LogP) is 4.77. The van der Waals surface area contributed by atoms with Crippen LogP contribution in [-0.2, 0) is 13.5 Å². The van der Waals surface area contributed by atoms with Crippen LogP contribution in [0.3, 0.4) is 0 Å². The standard InChI is InChI=1S/C21H16F2N2O2/c1-3-18-16(11-24)19(20(21(26)27)25(18)2)13-6-4-12(5-7-13)15-10-14(22)8-9-17(15)23/h4-10H,3H2,1-2H3,(H,26,27). The van der Waals surface area contributed by atoms with Gasteiger partial charge in [0.15, 0.2) is 0 Å². The molecule has 0 saturated heterocycles. The van der Waals surface area contributed by atoms with Gasteiger partial charge < -0.3 is 9.67 Å². The zero-order valence-electron chi connectivity index (χ0n) is 14.8. The van der Waals surface area contributed by atoms with Gasteiger partial charge in [0.25, 0.3) is 0 Å². The van der Waals surface area contributed by atoms with Gasteiger partial charge in [-0.05, 0) is 35.7 Å². The first-order chi connectivity index (χ1) is 12.9. The van der Waals surface area contributed by atoms with Crippen LogP contribution in [0.15, 0.2) is 42.5 Å². The molecule has 2 aromatic carbocycles. The Labute approximate surface area is 154 Å². The number of aromatic nitrogens is 1. The third kappa shape index (κ3) is 3.08. The fourth-order valence-corrected chi connectivity index (χ4v) is 3.33. The van der Waals surface area contributed by atoms with Crippen LogP contribution in [-0.4, -0.2) is 15.6 Å². The largest absolute Gasteiger partial charge is 0.477 e. The molecule has 0 saturated carbocycles. The number of halogens is 2. The van der Waals surface area contributed by atoms with Crippen LogP contribution in [0.25, 0.3) is 22.3 Å². The van der Waals surface area contributed by atoms with Gasteiger partial charge in [0.05, 0.1) is 5.56 Å². The van der Waals surface area contributed by atoms with Gasteiger partial charge in [-0.1, -0.05) is 31.2 Å². The minimum Gasteiger partial charge on any atom is -0.477 e. The molecule has 0 aliphatic carbocycles. The smallest absolute Gasteiger partial charge is 0.353 e. The SMILES string of the molecule is CCc1c(C#N)c(-c2ccc(-c3cc(F)ccc3F)cc2)c(C(=O)O)n1C. The van der Waals surface area contributed by atoms with Crippen LogP contribution in [0.2, 0.25) is 0 Å². The zero-order valence-corrected chi connectivity index (χ0v) is 14.8. The molecule has 136 valence electrons. The highest BCUT2D eigenvalue weighted by molar-refractivity contribution is 5.97. The number of benzene rings is 2. The van der Waals surface area contributed by atoms with E-state index < -0.39 is 17.6 Å². The molecule has 0 bridgehead atoms. The van der Waals surface area contributed by atoms with Crippen molar-refractivity contribution in [1.29, 1.82) is 5.26 Å². The monoisotopic (exact) mass is 366 g/mol. The first kappa shape index (κ1) is 18.3. The Morgan fingerprint density at radius 3 is 2.33 bits per heavy atom. The molecule has 0 fully saturated rings. The Bertz CT molecular complexity index is 1080. The highest BCUT2D eigenvalue weighted by atomic mass is 19.1. The van der Waals surface area contributed by atoms with E-state index in [1.807, 2.05) is 6.92 Å². The molecule has 1 N–H and O–H groups in total. The van der Waals surface area contributed by atoms with Crippen LogP contribution < -0.4 is 0 Å². The Hall–Kier alpha value is -3.46. The van der Waals surface area contributed by atoms with E-state index >= 15 is 0 Å². The Balaban J connectivity index is 2.18. The second-order valence-electron chi connectivity index (χ2n) is 6.08. The van der Waals surface area contributed by atoms with Crippen LogP contribution >= 0.6 is 0 Å². The molecule has 3 aromatic rings. The molecule has 0 radical (unpaired) electrons. The van der Waals surface area contributed by atoms with Crippen molar-refractivity contribution < 1.29 is 18.7 Å². The number of carbonyl (C=O) groups is 1. The average molecular weight is 366 g/mol. The predicted molar refractivity (Wildman–Crippen MR) is 97.3 cm³/mol. The number of nitriles is 1. The summed E-state index contributed by atoms with van der Waals surface area (Å²) in [5.74, 6) is -2.24. The van der Waals surface area contributed by atoms with E-state index in [1.165, 1.54) is 4.57 Å². The van der Waals surface area contributed by atoms with Crippen LogP contribution in [0.1, 0.15) is 28.7 Å². The lowest BCUT2D eigenvalue weighted by atomic mass is 9.97. The fraction of sp³-hybridized carbons (Fsp3) is 0.143. The average Bonchev–Trinajstić information content (AvgIpc) is 2.95. The van der Waals surface area contributed by atoms with Gasteiger partial charge in [-0.2, -0.15) is 5.26 Å². The number of hydrogen-bond donors (Lipinski definition) is 1. The minimum absolute atomic E-state index is 0.0214. The van der Waals surface area contributed by atoms with Gasteiger partial charge in [0.2, 0.25) is 0 Å². The lowest BCUT2D eigenvalue weighted by Gasteiger charge is -2.07. The quantitative estimate of drug-likeness (QED) is 0.723. The molecular formula is C21H16F2N2O2. The molecule has 0 aliphatic rings. The van der Waals surface area contributed by atoms with Crippen molar-refractivity contribution in [3.63, 3.8) is 0 Å². The van der Waals surface area contributed by atoms with Gasteiger partial charge in [-0.15, -0.1) is 0 Å². The maximum absolute atomic E-state index is 14.0. The minimum atomic E-state index is -1.14. The summed E-state index contributed by atoms with van der Waals surface area (Å²) < 4.78 is 28.9. The van der Waals surface area contributed by atoms with E-state index in [9.17, 15) is 23.9 Å². The topological polar surface area (TPSA) is 66.0 Å². The van der Waals surface area contributed by atoms with Gasteiger partial charge in [-0.3, -0.25) is 0 Å². The Kier molecular flexibility index (Phi) is 4.78. The second-order valence-corrected chi connectivity index (χ2v) is 6.08. The van der Waals surface area contributed by atoms with E-state index in [2.05, 4.69) is 6.07 Å². The lowest BCUT2D eigenvalue weighted by molar-refractivity contribution is 0.0687. The van der Waals surface area contributed by atoms with Crippen molar-refractivity contribution in [3.05, 3.63) is 71.1 Å². The van der Waals surface area contributed by atoms with Gasteiger partial charge in [0, 0.05) is 23.9 Å². The molecule has 1 aromatic heterocycles. The fourth-order valence-electron chi connectivity index (χ4n) is 3.33. The molecule has 6 heteroatoms. The van der Waals surface area contributed by atoms with Crippen molar-refractivity contribution in [2.75, 3.05) is 0 Å². The highest BCUT2D eigenvalue weighted by Gasteiger charge is 2.25. The Morgan fingerprint density at radius 1 is 1.15 bits per heavy atom. The molecule has 4 nitrogen and oxygen atoms in total. The van der Waals surface area contributed by atoms with E-state index in [4.69, 9.17) is 0 Å². The number of rotatable bonds is 4. The molecule has 0 amide bonds. The summed E-state index contributed by atoms with van der Waals surface area (Å²) in [5.41, 5.74) is 2.39. The van der Waals surface area contributed by atoms with Crippen LogP contribution in [0.4, 0.5) is 8.78 Å².